The molecule has 0 atom stereocenters. The lowest BCUT2D eigenvalue weighted by Gasteiger charge is -2.25. The van der Waals surface area contributed by atoms with Crippen LogP contribution in [0.2, 0.25) is 0 Å². The van der Waals surface area contributed by atoms with Gasteiger partial charge in [-0.3, -0.25) is 4.79 Å². The minimum Gasteiger partial charge on any atom is -0.397 e. The van der Waals surface area contributed by atoms with Crippen LogP contribution in [0, 0.1) is 0 Å². The van der Waals surface area contributed by atoms with Crippen molar-refractivity contribution in [2.24, 2.45) is 0 Å². The van der Waals surface area contributed by atoms with Gasteiger partial charge in [0.05, 0.1) is 0 Å². The van der Waals surface area contributed by atoms with Gasteiger partial charge in [0, 0.05) is 24.5 Å². The van der Waals surface area contributed by atoms with Crippen molar-refractivity contribution in [1.82, 2.24) is 9.88 Å². The van der Waals surface area contributed by atoms with Gasteiger partial charge >= 0.3 is 0 Å². The third-order valence-electron chi connectivity index (χ3n) is 2.28. The van der Waals surface area contributed by atoms with Crippen LogP contribution in [-0.4, -0.2) is 28.4 Å². The summed E-state index contributed by atoms with van der Waals surface area (Å²) in [5.74, 6) is 0.0172. The number of nitrogens with zero attached hydrogens (tertiary/aromatic N) is 1. The van der Waals surface area contributed by atoms with Gasteiger partial charge in [0.1, 0.15) is 5.69 Å². The highest BCUT2D eigenvalue weighted by Gasteiger charge is 2.18. The van der Waals surface area contributed by atoms with Gasteiger partial charge in [0.15, 0.2) is 0 Å². The van der Waals surface area contributed by atoms with E-state index < -0.39 is 0 Å². The lowest BCUT2D eigenvalue weighted by atomic mass is 10.2. The molecule has 0 saturated carbocycles. The molecule has 0 aliphatic rings. The summed E-state index contributed by atoms with van der Waals surface area (Å²) in [7, 11) is 0. The number of hydrogen-bond acceptors (Lipinski definition) is 2. The molecular formula is C11H19N3O. The fourth-order valence-corrected chi connectivity index (χ4v) is 1.52. The molecule has 0 spiro atoms. The number of carbonyl (C=O) groups excluding carboxylic acids is 1. The van der Waals surface area contributed by atoms with Crippen LogP contribution in [0.3, 0.4) is 0 Å². The Balaban J connectivity index is 2.80. The number of carbonyl (C=O) groups is 1. The smallest absolute Gasteiger partial charge is 0.270 e. The van der Waals surface area contributed by atoms with Crippen molar-refractivity contribution in [2.75, 3.05) is 12.3 Å². The number of hydrogen-bond donors (Lipinski definition) is 2. The van der Waals surface area contributed by atoms with Gasteiger partial charge in [-0.1, -0.05) is 6.92 Å². The summed E-state index contributed by atoms with van der Waals surface area (Å²) in [5.41, 5.74) is 6.72. The van der Waals surface area contributed by atoms with E-state index in [9.17, 15) is 4.79 Å². The van der Waals surface area contributed by atoms with Crippen LogP contribution in [0.4, 0.5) is 5.69 Å². The second kappa shape index (κ2) is 4.87. The molecule has 1 heterocycles. The Hall–Kier alpha value is -1.45. The summed E-state index contributed by atoms with van der Waals surface area (Å²) in [5, 5.41) is 0. The molecule has 1 rings (SSSR count). The third kappa shape index (κ3) is 2.75. The van der Waals surface area contributed by atoms with Crippen LogP contribution < -0.4 is 5.73 Å². The van der Waals surface area contributed by atoms with Crippen LogP contribution in [0.1, 0.15) is 37.7 Å². The fraction of sp³-hybridized carbons (Fsp3) is 0.545. The summed E-state index contributed by atoms with van der Waals surface area (Å²) < 4.78 is 0. The fourth-order valence-electron chi connectivity index (χ4n) is 1.52. The Kier molecular flexibility index (Phi) is 3.77. The topological polar surface area (TPSA) is 62.1 Å². The highest BCUT2D eigenvalue weighted by Crippen LogP contribution is 2.10. The van der Waals surface area contributed by atoms with Crippen LogP contribution in [-0.2, 0) is 0 Å². The van der Waals surface area contributed by atoms with Crippen molar-refractivity contribution in [3.63, 3.8) is 0 Å². The summed E-state index contributed by atoms with van der Waals surface area (Å²) in [4.78, 5) is 16.8. The van der Waals surface area contributed by atoms with E-state index in [1.54, 1.807) is 12.3 Å². The molecule has 0 unspecified atom stereocenters. The van der Waals surface area contributed by atoms with Crippen LogP contribution >= 0.6 is 0 Å². The number of nitrogens with one attached hydrogen (secondary N) is 1. The Morgan fingerprint density at radius 2 is 2.27 bits per heavy atom. The zero-order chi connectivity index (χ0) is 11.4. The number of rotatable bonds is 4. The first kappa shape index (κ1) is 11.6. The lowest BCUT2D eigenvalue weighted by Crippen LogP contribution is -2.37. The Bertz CT molecular complexity index is 330. The minimum absolute atomic E-state index is 0.0172. The maximum absolute atomic E-state index is 12.0. The van der Waals surface area contributed by atoms with Crippen molar-refractivity contribution >= 4 is 11.6 Å². The van der Waals surface area contributed by atoms with E-state index in [-0.39, 0.29) is 11.9 Å². The maximum Gasteiger partial charge on any atom is 0.270 e. The highest BCUT2D eigenvalue weighted by molar-refractivity contribution is 5.93. The van der Waals surface area contributed by atoms with Gasteiger partial charge in [0.2, 0.25) is 0 Å². The van der Waals surface area contributed by atoms with E-state index in [0.717, 1.165) is 13.0 Å². The molecule has 3 N–H and O–H groups in total. The standard InChI is InChI=1S/C11H19N3O/c1-4-5-14(8(2)3)11(15)10-6-9(12)7-13-10/h6-8,13H,4-5,12H2,1-3H3. The number of aromatic amines is 1. The van der Waals surface area contributed by atoms with E-state index in [2.05, 4.69) is 11.9 Å². The largest absolute Gasteiger partial charge is 0.397 e. The van der Waals surface area contributed by atoms with Crippen LogP contribution in [0.15, 0.2) is 12.3 Å². The van der Waals surface area contributed by atoms with Crippen molar-refractivity contribution in [1.29, 1.82) is 0 Å². The molecule has 1 amide bonds. The van der Waals surface area contributed by atoms with Gasteiger partial charge in [0.25, 0.3) is 5.91 Å². The summed E-state index contributed by atoms with van der Waals surface area (Å²) in [6.07, 6.45) is 2.60. The van der Waals surface area contributed by atoms with Gasteiger partial charge in [-0.05, 0) is 26.3 Å². The number of nitrogens with two attached hydrogens (primary N) is 1. The zero-order valence-electron chi connectivity index (χ0n) is 9.58. The molecule has 0 aliphatic carbocycles. The number of anilines is 1. The molecule has 4 heteroatoms. The first-order chi connectivity index (χ1) is 7.06. The minimum atomic E-state index is 0.0172. The van der Waals surface area contributed by atoms with Crippen molar-refractivity contribution < 1.29 is 4.79 Å². The van der Waals surface area contributed by atoms with E-state index >= 15 is 0 Å². The predicted octanol–water partition coefficient (Wildman–Crippen LogP) is 1.86. The first-order valence-corrected chi connectivity index (χ1v) is 5.31. The summed E-state index contributed by atoms with van der Waals surface area (Å²) in [6, 6.07) is 1.88. The molecule has 0 saturated heterocycles. The predicted molar refractivity (Wildman–Crippen MR) is 61.7 cm³/mol. The van der Waals surface area contributed by atoms with Gasteiger partial charge in [-0.15, -0.1) is 0 Å². The molecule has 0 aliphatic heterocycles. The van der Waals surface area contributed by atoms with Gasteiger partial charge in [-0.25, -0.2) is 0 Å². The second-order valence-electron chi connectivity index (χ2n) is 3.94. The monoisotopic (exact) mass is 209 g/mol. The molecule has 4 nitrogen and oxygen atoms in total. The van der Waals surface area contributed by atoms with Crippen molar-refractivity contribution in [2.45, 2.75) is 33.2 Å². The van der Waals surface area contributed by atoms with Gasteiger partial charge in [-0.2, -0.15) is 0 Å². The number of amides is 1. The number of H-pyrrole nitrogens is 1. The average Bonchev–Trinajstić information content (AvgIpc) is 2.59. The molecule has 1 aromatic heterocycles. The summed E-state index contributed by atoms with van der Waals surface area (Å²) >= 11 is 0. The Morgan fingerprint density at radius 1 is 1.60 bits per heavy atom. The molecule has 1 aromatic rings. The Labute approximate surface area is 90.5 Å². The molecule has 0 bridgehead atoms. The van der Waals surface area contributed by atoms with Crippen molar-refractivity contribution in [3.8, 4) is 0 Å². The SMILES string of the molecule is CCCN(C(=O)c1cc(N)c[nH]1)C(C)C. The van der Waals surface area contributed by atoms with E-state index in [1.807, 2.05) is 18.7 Å². The van der Waals surface area contributed by atoms with E-state index in [4.69, 9.17) is 5.73 Å². The normalized spacial score (nSPS) is 10.7. The van der Waals surface area contributed by atoms with E-state index in [1.165, 1.54) is 0 Å². The molecule has 0 aromatic carbocycles. The quantitative estimate of drug-likeness (QED) is 0.795. The molecule has 0 radical (unpaired) electrons. The average molecular weight is 209 g/mol. The molecule has 15 heavy (non-hydrogen) atoms. The third-order valence-corrected chi connectivity index (χ3v) is 2.28. The molecular weight excluding hydrogens is 190 g/mol. The van der Waals surface area contributed by atoms with Crippen LogP contribution in [0.25, 0.3) is 0 Å². The lowest BCUT2D eigenvalue weighted by molar-refractivity contribution is 0.0700. The molecule has 0 fully saturated rings. The Morgan fingerprint density at radius 3 is 2.67 bits per heavy atom. The number of aromatic nitrogens is 1. The second-order valence-corrected chi connectivity index (χ2v) is 3.94. The van der Waals surface area contributed by atoms with Crippen molar-refractivity contribution in [3.05, 3.63) is 18.0 Å². The molecule has 84 valence electrons. The highest BCUT2D eigenvalue weighted by atomic mass is 16.2. The summed E-state index contributed by atoms with van der Waals surface area (Å²) in [6.45, 7) is 6.86. The number of nitrogen functional groups attached to an aromatic ring is 1. The van der Waals surface area contributed by atoms with Gasteiger partial charge < -0.3 is 15.6 Å². The van der Waals surface area contributed by atoms with Crippen LogP contribution in [0.5, 0.6) is 0 Å². The van der Waals surface area contributed by atoms with E-state index in [0.29, 0.717) is 11.4 Å². The maximum atomic E-state index is 12.0. The first-order valence-electron chi connectivity index (χ1n) is 5.31. The zero-order valence-corrected chi connectivity index (χ0v) is 9.58.